The van der Waals surface area contributed by atoms with Gasteiger partial charge in [-0.2, -0.15) is 0 Å². The summed E-state index contributed by atoms with van der Waals surface area (Å²) in [6.45, 7) is 0. The number of nitrogens with zero attached hydrogens (tertiary/aromatic N) is 1. The van der Waals surface area contributed by atoms with Crippen LogP contribution in [0.3, 0.4) is 0 Å². The van der Waals surface area contributed by atoms with Gasteiger partial charge >= 0.3 is 0 Å². The molecule has 0 aromatic heterocycles. The van der Waals surface area contributed by atoms with Gasteiger partial charge in [0.2, 0.25) is 0 Å². The molecule has 0 atom stereocenters. The Balaban J connectivity index is 1.33. The fraction of sp³-hybridized carbons (Fsp3) is 0. The van der Waals surface area contributed by atoms with Crippen molar-refractivity contribution in [3.63, 3.8) is 0 Å². The number of hydrogen-bond acceptors (Lipinski definition) is 1. The number of rotatable bonds is 5. The molecule has 0 radical (unpaired) electrons. The van der Waals surface area contributed by atoms with Crippen molar-refractivity contribution in [2.24, 2.45) is 0 Å². The summed E-state index contributed by atoms with van der Waals surface area (Å²) in [5.41, 5.74) is 8.36. The summed E-state index contributed by atoms with van der Waals surface area (Å²) in [7, 11) is 0. The summed E-state index contributed by atoms with van der Waals surface area (Å²) in [5.74, 6) is 0. The highest BCUT2D eigenvalue weighted by Gasteiger charge is 2.12. The molecule has 0 saturated heterocycles. The number of fused-ring (bicyclic) bond motifs is 1. The molecular weight excluding hydrogens is 422 g/mol. The second-order valence-electron chi connectivity index (χ2n) is 8.70. The molecule has 0 bridgehead atoms. The quantitative estimate of drug-likeness (QED) is 0.254. The smallest absolute Gasteiger partial charge is 0.0462 e. The van der Waals surface area contributed by atoms with Crippen molar-refractivity contribution in [2.45, 2.75) is 0 Å². The molecular formula is C34H25N. The highest BCUT2D eigenvalue weighted by atomic mass is 15.1. The van der Waals surface area contributed by atoms with E-state index in [9.17, 15) is 0 Å². The van der Waals surface area contributed by atoms with E-state index in [2.05, 4.69) is 157 Å². The van der Waals surface area contributed by atoms with Crippen LogP contribution >= 0.6 is 0 Å². The average Bonchev–Trinajstić information content (AvgIpc) is 2.95. The van der Waals surface area contributed by atoms with Crippen molar-refractivity contribution in [1.29, 1.82) is 0 Å². The van der Waals surface area contributed by atoms with Gasteiger partial charge in [-0.1, -0.05) is 103 Å². The second-order valence-corrected chi connectivity index (χ2v) is 8.70. The first kappa shape index (κ1) is 20.9. The van der Waals surface area contributed by atoms with Gasteiger partial charge in [0.1, 0.15) is 0 Å². The van der Waals surface area contributed by atoms with E-state index in [1.54, 1.807) is 0 Å². The highest BCUT2D eigenvalue weighted by Crippen LogP contribution is 2.36. The van der Waals surface area contributed by atoms with Crippen molar-refractivity contribution in [3.8, 4) is 22.3 Å². The van der Waals surface area contributed by atoms with Crippen LogP contribution in [0.4, 0.5) is 17.1 Å². The van der Waals surface area contributed by atoms with Crippen LogP contribution in [0.1, 0.15) is 0 Å². The van der Waals surface area contributed by atoms with Crippen molar-refractivity contribution >= 4 is 27.8 Å². The first-order chi connectivity index (χ1) is 17.3. The molecule has 0 N–H and O–H groups in total. The van der Waals surface area contributed by atoms with Gasteiger partial charge in [0, 0.05) is 17.1 Å². The number of anilines is 3. The third kappa shape index (κ3) is 4.32. The zero-order chi connectivity index (χ0) is 23.5. The molecule has 0 heterocycles. The largest absolute Gasteiger partial charge is 0.311 e. The Morgan fingerprint density at radius 2 is 0.657 bits per heavy atom. The lowest BCUT2D eigenvalue weighted by Crippen LogP contribution is -2.09. The van der Waals surface area contributed by atoms with Gasteiger partial charge in [-0.25, -0.2) is 0 Å². The summed E-state index contributed by atoms with van der Waals surface area (Å²) in [6, 6.07) is 53.8. The molecule has 166 valence electrons. The van der Waals surface area contributed by atoms with Gasteiger partial charge in [0.25, 0.3) is 0 Å². The zero-order valence-corrected chi connectivity index (χ0v) is 19.4. The molecule has 1 nitrogen and oxygen atoms in total. The first-order valence-electron chi connectivity index (χ1n) is 12.0. The van der Waals surface area contributed by atoms with Gasteiger partial charge in [0.05, 0.1) is 0 Å². The fourth-order valence-electron chi connectivity index (χ4n) is 4.64. The Morgan fingerprint density at radius 1 is 0.286 bits per heavy atom. The first-order valence-corrected chi connectivity index (χ1v) is 12.0. The van der Waals surface area contributed by atoms with Crippen LogP contribution in [0.5, 0.6) is 0 Å². The van der Waals surface area contributed by atoms with E-state index >= 15 is 0 Å². The average molecular weight is 448 g/mol. The monoisotopic (exact) mass is 447 g/mol. The van der Waals surface area contributed by atoms with Crippen LogP contribution in [0.15, 0.2) is 152 Å². The maximum atomic E-state index is 2.29. The van der Waals surface area contributed by atoms with Crippen LogP contribution in [-0.2, 0) is 0 Å². The van der Waals surface area contributed by atoms with Gasteiger partial charge < -0.3 is 4.90 Å². The molecule has 1 heteroatoms. The molecule has 0 fully saturated rings. The Hall–Kier alpha value is -4.62. The molecule has 0 amide bonds. The number of hydrogen-bond donors (Lipinski definition) is 0. The van der Waals surface area contributed by atoms with Crippen LogP contribution in [0, 0.1) is 0 Å². The second kappa shape index (κ2) is 9.32. The molecule has 6 aromatic rings. The molecule has 6 aromatic carbocycles. The lowest BCUT2D eigenvalue weighted by atomic mass is 9.97. The predicted molar refractivity (Wildman–Crippen MR) is 150 cm³/mol. The maximum absolute atomic E-state index is 2.29. The Kier molecular flexibility index (Phi) is 5.58. The SMILES string of the molecule is c1ccc(-c2ccc3cc(-c4ccc(N(c5ccccc5)c5ccccc5)cc4)ccc3c2)cc1. The van der Waals surface area contributed by atoms with Crippen LogP contribution in [0.2, 0.25) is 0 Å². The molecule has 0 aliphatic heterocycles. The standard InChI is InChI=1S/C34H25N/c1-4-10-26(11-5-1)28-16-18-31-25-29(17-19-30(31)24-28)27-20-22-34(23-21-27)35(32-12-6-2-7-13-32)33-14-8-3-9-15-33/h1-25H. The third-order valence-corrected chi connectivity index (χ3v) is 6.43. The molecule has 0 aliphatic rings. The maximum Gasteiger partial charge on any atom is 0.0462 e. The van der Waals surface area contributed by atoms with Crippen LogP contribution < -0.4 is 4.90 Å². The van der Waals surface area contributed by atoms with Gasteiger partial charge in [-0.15, -0.1) is 0 Å². The van der Waals surface area contributed by atoms with E-state index in [-0.39, 0.29) is 0 Å². The zero-order valence-electron chi connectivity index (χ0n) is 19.4. The van der Waals surface area contributed by atoms with E-state index in [0.717, 1.165) is 17.1 Å². The minimum atomic E-state index is 1.14. The van der Waals surface area contributed by atoms with Crippen LogP contribution in [0.25, 0.3) is 33.0 Å². The van der Waals surface area contributed by atoms with E-state index < -0.39 is 0 Å². The summed E-state index contributed by atoms with van der Waals surface area (Å²) in [4.78, 5) is 2.29. The summed E-state index contributed by atoms with van der Waals surface area (Å²) >= 11 is 0. The van der Waals surface area contributed by atoms with Crippen molar-refractivity contribution < 1.29 is 0 Å². The Labute approximate surface area is 206 Å². The fourth-order valence-corrected chi connectivity index (χ4v) is 4.64. The molecule has 0 aliphatic carbocycles. The molecule has 6 rings (SSSR count). The summed E-state index contributed by atoms with van der Waals surface area (Å²) < 4.78 is 0. The van der Waals surface area contributed by atoms with Gasteiger partial charge in [-0.3, -0.25) is 0 Å². The predicted octanol–water partition coefficient (Wildman–Crippen LogP) is 9.64. The summed E-state index contributed by atoms with van der Waals surface area (Å²) in [5, 5.41) is 2.51. The third-order valence-electron chi connectivity index (χ3n) is 6.43. The number of para-hydroxylation sites is 2. The minimum absolute atomic E-state index is 1.14. The minimum Gasteiger partial charge on any atom is -0.311 e. The summed E-state index contributed by atoms with van der Waals surface area (Å²) in [6.07, 6.45) is 0. The van der Waals surface area contributed by atoms with Crippen molar-refractivity contribution in [2.75, 3.05) is 4.90 Å². The van der Waals surface area contributed by atoms with E-state index in [1.807, 2.05) is 0 Å². The Morgan fingerprint density at radius 3 is 1.14 bits per heavy atom. The van der Waals surface area contributed by atoms with Crippen molar-refractivity contribution in [1.82, 2.24) is 0 Å². The van der Waals surface area contributed by atoms with Gasteiger partial charge in [-0.05, 0) is 81.6 Å². The Bertz CT molecular complexity index is 1510. The normalized spacial score (nSPS) is 10.9. The molecule has 0 spiro atoms. The lowest BCUT2D eigenvalue weighted by molar-refractivity contribution is 1.28. The molecule has 0 saturated carbocycles. The molecule has 0 unspecified atom stereocenters. The number of benzene rings is 6. The van der Waals surface area contributed by atoms with Gasteiger partial charge in [0.15, 0.2) is 0 Å². The lowest BCUT2D eigenvalue weighted by Gasteiger charge is -2.25. The van der Waals surface area contributed by atoms with E-state index in [1.165, 1.54) is 33.0 Å². The van der Waals surface area contributed by atoms with E-state index in [0.29, 0.717) is 0 Å². The highest BCUT2D eigenvalue weighted by molar-refractivity contribution is 5.91. The topological polar surface area (TPSA) is 3.24 Å². The van der Waals surface area contributed by atoms with Crippen molar-refractivity contribution in [3.05, 3.63) is 152 Å². The van der Waals surface area contributed by atoms with E-state index in [4.69, 9.17) is 0 Å². The van der Waals surface area contributed by atoms with Crippen LogP contribution in [-0.4, -0.2) is 0 Å². The molecule has 35 heavy (non-hydrogen) atoms.